The minimum Gasteiger partial charge on any atom is -0.378 e. The average molecular weight is 364 g/mol. The SMILES string of the molecule is CC(c1ccc(F)cc1F)N1CCN(c2ncc([N+](=O)[O-])c(N)n2)CC1. The van der Waals surface area contributed by atoms with Crippen LogP contribution in [0.5, 0.6) is 0 Å². The predicted octanol–water partition coefficient (Wildman–Crippen LogP) is 2.13. The van der Waals surface area contributed by atoms with Crippen LogP contribution in [0.15, 0.2) is 24.4 Å². The quantitative estimate of drug-likeness (QED) is 0.655. The van der Waals surface area contributed by atoms with Gasteiger partial charge in [-0.15, -0.1) is 0 Å². The van der Waals surface area contributed by atoms with Gasteiger partial charge in [-0.2, -0.15) is 4.98 Å². The van der Waals surface area contributed by atoms with Crippen LogP contribution in [-0.2, 0) is 0 Å². The number of benzene rings is 1. The molecule has 1 fully saturated rings. The Balaban J connectivity index is 1.67. The van der Waals surface area contributed by atoms with Crippen molar-refractivity contribution < 1.29 is 13.7 Å². The summed E-state index contributed by atoms with van der Waals surface area (Å²) < 4.78 is 27.1. The van der Waals surface area contributed by atoms with E-state index in [4.69, 9.17) is 5.73 Å². The molecule has 0 spiro atoms. The lowest BCUT2D eigenvalue weighted by Crippen LogP contribution is -2.47. The van der Waals surface area contributed by atoms with E-state index >= 15 is 0 Å². The van der Waals surface area contributed by atoms with Gasteiger partial charge in [0.15, 0.2) is 0 Å². The largest absolute Gasteiger partial charge is 0.378 e. The number of hydrogen-bond donors (Lipinski definition) is 1. The molecule has 0 radical (unpaired) electrons. The van der Waals surface area contributed by atoms with Crippen molar-refractivity contribution in [2.45, 2.75) is 13.0 Å². The zero-order valence-corrected chi connectivity index (χ0v) is 14.1. The Morgan fingerprint density at radius 1 is 1.27 bits per heavy atom. The summed E-state index contributed by atoms with van der Waals surface area (Å²) in [6.07, 6.45) is 1.10. The Morgan fingerprint density at radius 3 is 2.54 bits per heavy atom. The molecule has 0 amide bonds. The molecule has 1 atom stereocenters. The molecule has 1 aliphatic rings. The molecular formula is C16H18F2N6O2. The second-order valence-electron chi connectivity index (χ2n) is 6.06. The first-order valence-electron chi connectivity index (χ1n) is 8.07. The van der Waals surface area contributed by atoms with Crippen molar-refractivity contribution in [2.24, 2.45) is 0 Å². The van der Waals surface area contributed by atoms with E-state index in [1.54, 1.807) is 0 Å². The van der Waals surface area contributed by atoms with Crippen LogP contribution < -0.4 is 10.6 Å². The van der Waals surface area contributed by atoms with Crippen molar-refractivity contribution in [1.82, 2.24) is 14.9 Å². The standard InChI is InChI=1S/C16H18F2N6O2/c1-10(12-3-2-11(17)8-13(12)18)22-4-6-23(7-5-22)16-20-9-14(24(25)26)15(19)21-16/h2-3,8-10H,4-7H2,1H3,(H2,19,20,21). The summed E-state index contributed by atoms with van der Waals surface area (Å²) in [5.74, 6) is -1.01. The Kier molecular flexibility index (Phi) is 4.94. The number of rotatable bonds is 4. The van der Waals surface area contributed by atoms with E-state index in [9.17, 15) is 18.9 Å². The first-order valence-corrected chi connectivity index (χ1v) is 8.07. The van der Waals surface area contributed by atoms with Crippen LogP contribution in [0.3, 0.4) is 0 Å². The normalized spacial score (nSPS) is 16.5. The molecule has 1 aromatic carbocycles. The van der Waals surface area contributed by atoms with E-state index < -0.39 is 16.6 Å². The highest BCUT2D eigenvalue weighted by molar-refractivity contribution is 5.53. The average Bonchev–Trinajstić information content (AvgIpc) is 2.61. The summed E-state index contributed by atoms with van der Waals surface area (Å²) in [6, 6.07) is 3.39. The van der Waals surface area contributed by atoms with E-state index in [1.807, 2.05) is 11.8 Å². The summed E-state index contributed by atoms with van der Waals surface area (Å²) >= 11 is 0. The molecule has 8 nitrogen and oxygen atoms in total. The van der Waals surface area contributed by atoms with Gasteiger partial charge in [0.2, 0.25) is 11.8 Å². The van der Waals surface area contributed by atoms with Crippen molar-refractivity contribution in [3.05, 3.63) is 51.7 Å². The molecule has 0 aliphatic carbocycles. The number of piperazine rings is 1. The number of nitro groups is 1. The fraction of sp³-hybridized carbons (Fsp3) is 0.375. The van der Waals surface area contributed by atoms with Crippen molar-refractivity contribution in [1.29, 1.82) is 0 Å². The Morgan fingerprint density at radius 2 is 1.96 bits per heavy atom. The summed E-state index contributed by atoms with van der Waals surface area (Å²) in [7, 11) is 0. The first-order chi connectivity index (χ1) is 12.4. The lowest BCUT2D eigenvalue weighted by atomic mass is 10.1. The predicted molar refractivity (Wildman–Crippen MR) is 91.7 cm³/mol. The Hall–Kier alpha value is -2.88. The number of nitrogens with two attached hydrogens (primary N) is 1. The number of hydrogen-bond acceptors (Lipinski definition) is 7. The van der Waals surface area contributed by atoms with Crippen molar-refractivity contribution in [3.63, 3.8) is 0 Å². The highest BCUT2D eigenvalue weighted by Crippen LogP contribution is 2.26. The fourth-order valence-corrected chi connectivity index (χ4v) is 3.02. The Labute approximate surface area is 148 Å². The highest BCUT2D eigenvalue weighted by Gasteiger charge is 2.26. The zero-order chi connectivity index (χ0) is 18.8. The van der Waals surface area contributed by atoms with E-state index in [-0.39, 0.29) is 17.5 Å². The molecule has 2 heterocycles. The molecule has 138 valence electrons. The van der Waals surface area contributed by atoms with Gasteiger partial charge in [0.05, 0.1) is 4.92 Å². The van der Waals surface area contributed by atoms with Crippen LogP contribution in [-0.4, -0.2) is 46.0 Å². The molecule has 1 aliphatic heterocycles. The molecule has 26 heavy (non-hydrogen) atoms. The summed E-state index contributed by atoms with van der Waals surface area (Å²) in [5, 5.41) is 10.8. The van der Waals surface area contributed by atoms with Gasteiger partial charge in [-0.3, -0.25) is 15.0 Å². The van der Waals surface area contributed by atoms with Crippen LogP contribution >= 0.6 is 0 Å². The van der Waals surface area contributed by atoms with Crippen LogP contribution in [0.1, 0.15) is 18.5 Å². The van der Waals surface area contributed by atoms with Crippen LogP contribution in [0, 0.1) is 21.7 Å². The van der Waals surface area contributed by atoms with E-state index in [0.717, 1.165) is 12.3 Å². The molecule has 1 saturated heterocycles. The maximum absolute atomic E-state index is 14.0. The highest BCUT2D eigenvalue weighted by atomic mass is 19.1. The molecule has 10 heteroatoms. The van der Waals surface area contributed by atoms with Crippen LogP contribution in [0.25, 0.3) is 0 Å². The minimum absolute atomic E-state index is 0.177. The van der Waals surface area contributed by atoms with Gasteiger partial charge in [0, 0.05) is 43.9 Å². The minimum atomic E-state index is -0.629. The topological polar surface area (TPSA) is 101 Å². The van der Waals surface area contributed by atoms with Crippen LogP contribution in [0.4, 0.5) is 26.2 Å². The van der Waals surface area contributed by atoms with Crippen molar-refractivity contribution in [3.8, 4) is 0 Å². The van der Waals surface area contributed by atoms with E-state index in [0.29, 0.717) is 37.7 Å². The molecule has 2 aromatic rings. The number of nitrogens with zero attached hydrogens (tertiary/aromatic N) is 5. The molecule has 0 bridgehead atoms. The summed E-state index contributed by atoms with van der Waals surface area (Å²) in [5.41, 5.74) is 5.72. The van der Waals surface area contributed by atoms with Gasteiger partial charge in [-0.05, 0) is 13.0 Å². The van der Waals surface area contributed by atoms with Gasteiger partial charge < -0.3 is 10.6 Å². The number of aromatic nitrogens is 2. The third-order valence-corrected chi connectivity index (χ3v) is 4.54. The van der Waals surface area contributed by atoms with E-state index in [1.165, 1.54) is 12.1 Å². The van der Waals surface area contributed by atoms with Gasteiger partial charge >= 0.3 is 5.69 Å². The van der Waals surface area contributed by atoms with Gasteiger partial charge in [-0.25, -0.2) is 13.8 Å². The third kappa shape index (κ3) is 3.54. The lowest BCUT2D eigenvalue weighted by Gasteiger charge is -2.38. The molecule has 1 unspecified atom stereocenters. The smallest absolute Gasteiger partial charge is 0.329 e. The molecule has 3 rings (SSSR count). The van der Waals surface area contributed by atoms with Crippen molar-refractivity contribution >= 4 is 17.5 Å². The summed E-state index contributed by atoms with van der Waals surface area (Å²) in [6.45, 7) is 4.21. The number of anilines is 2. The maximum Gasteiger partial charge on any atom is 0.329 e. The fourth-order valence-electron chi connectivity index (χ4n) is 3.02. The molecule has 1 aromatic heterocycles. The van der Waals surface area contributed by atoms with Gasteiger partial charge in [0.25, 0.3) is 0 Å². The van der Waals surface area contributed by atoms with Crippen molar-refractivity contribution in [2.75, 3.05) is 36.8 Å². The van der Waals surface area contributed by atoms with Gasteiger partial charge in [0.1, 0.15) is 17.8 Å². The van der Waals surface area contributed by atoms with Gasteiger partial charge in [-0.1, -0.05) is 6.07 Å². The summed E-state index contributed by atoms with van der Waals surface area (Å²) in [4.78, 5) is 22.1. The second kappa shape index (κ2) is 7.16. The monoisotopic (exact) mass is 364 g/mol. The molecule has 0 saturated carbocycles. The Bertz CT molecular complexity index is 826. The zero-order valence-electron chi connectivity index (χ0n) is 14.1. The molecule has 2 N–H and O–H groups in total. The van der Waals surface area contributed by atoms with E-state index in [2.05, 4.69) is 14.9 Å². The lowest BCUT2D eigenvalue weighted by molar-refractivity contribution is -0.384. The first kappa shape index (κ1) is 17.9. The maximum atomic E-state index is 14.0. The second-order valence-corrected chi connectivity index (χ2v) is 6.06. The third-order valence-electron chi connectivity index (χ3n) is 4.54. The number of halogens is 2. The van der Waals surface area contributed by atoms with Crippen LogP contribution in [0.2, 0.25) is 0 Å². The molecular weight excluding hydrogens is 346 g/mol. The number of nitrogen functional groups attached to an aromatic ring is 1.